The Balaban J connectivity index is 1.70. The summed E-state index contributed by atoms with van der Waals surface area (Å²) in [6.07, 6.45) is 0. The fraction of sp³-hybridized carbons (Fsp3) is 0.143. The summed E-state index contributed by atoms with van der Waals surface area (Å²) in [6, 6.07) is 29.9. The topological polar surface area (TPSA) is 64.9 Å². The standard InChI is InChI=1S/C28H25N3OS/c1-19-10-9-11-21(16-19)18-33-28-24(17-29)26(22-12-5-3-6-13-22)25(20(2)30-28)27(32)31-23-14-7-4-8-15-23/h3-16,26,30H,18H2,1-2H3,(H,31,32). The third-order valence-electron chi connectivity index (χ3n) is 5.52. The molecule has 1 amide bonds. The van der Waals surface area contributed by atoms with Crippen molar-refractivity contribution in [1.29, 1.82) is 5.26 Å². The highest BCUT2D eigenvalue weighted by molar-refractivity contribution is 8.02. The Labute approximate surface area is 199 Å². The normalized spacial score (nSPS) is 15.6. The smallest absolute Gasteiger partial charge is 0.254 e. The first-order valence-electron chi connectivity index (χ1n) is 10.8. The second-order valence-corrected chi connectivity index (χ2v) is 8.95. The Morgan fingerprint density at radius 2 is 1.70 bits per heavy atom. The molecule has 164 valence electrons. The molecule has 5 heteroatoms. The van der Waals surface area contributed by atoms with Crippen molar-refractivity contribution in [3.8, 4) is 6.07 Å². The highest BCUT2D eigenvalue weighted by atomic mass is 32.2. The number of rotatable bonds is 6. The molecule has 0 aromatic heterocycles. The Morgan fingerprint density at radius 1 is 1.00 bits per heavy atom. The van der Waals surface area contributed by atoms with Gasteiger partial charge in [-0.25, -0.2) is 0 Å². The molecule has 1 aliphatic rings. The quantitative estimate of drug-likeness (QED) is 0.464. The second-order valence-electron chi connectivity index (χ2n) is 7.96. The van der Waals surface area contributed by atoms with Gasteiger partial charge in [0, 0.05) is 22.7 Å². The zero-order chi connectivity index (χ0) is 23.2. The molecule has 1 unspecified atom stereocenters. The summed E-state index contributed by atoms with van der Waals surface area (Å²) >= 11 is 1.59. The van der Waals surface area contributed by atoms with Crippen LogP contribution < -0.4 is 10.6 Å². The summed E-state index contributed by atoms with van der Waals surface area (Å²) in [5, 5.41) is 17.3. The maximum atomic E-state index is 13.4. The number of carbonyl (C=O) groups is 1. The van der Waals surface area contributed by atoms with Gasteiger partial charge in [-0.2, -0.15) is 5.26 Å². The maximum absolute atomic E-state index is 13.4. The summed E-state index contributed by atoms with van der Waals surface area (Å²) in [7, 11) is 0. The molecule has 0 radical (unpaired) electrons. The number of aryl methyl sites for hydroxylation is 1. The summed E-state index contributed by atoms with van der Waals surface area (Å²) in [5.74, 6) is 0.0758. The number of nitrogens with one attached hydrogen (secondary N) is 2. The number of benzene rings is 3. The van der Waals surface area contributed by atoms with Crippen molar-refractivity contribution in [2.24, 2.45) is 0 Å². The minimum atomic E-state index is -0.443. The molecule has 1 heterocycles. The first kappa shape index (κ1) is 22.4. The molecule has 0 saturated heterocycles. The molecule has 0 saturated carbocycles. The third kappa shape index (κ3) is 5.19. The van der Waals surface area contributed by atoms with E-state index in [0.29, 0.717) is 11.1 Å². The van der Waals surface area contributed by atoms with Crippen LogP contribution in [0.3, 0.4) is 0 Å². The molecule has 4 rings (SSSR count). The Morgan fingerprint density at radius 3 is 2.36 bits per heavy atom. The van der Waals surface area contributed by atoms with Gasteiger partial charge in [0.1, 0.15) is 0 Å². The van der Waals surface area contributed by atoms with Gasteiger partial charge in [0.25, 0.3) is 5.91 Å². The van der Waals surface area contributed by atoms with Crippen LogP contribution in [-0.2, 0) is 10.5 Å². The van der Waals surface area contributed by atoms with Gasteiger partial charge >= 0.3 is 0 Å². The molecule has 1 aliphatic heterocycles. The highest BCUT2D eigenvalue weighted by Gasteiger charge is 2.34. The molecular weight excluding hydrogens is 426 g/mol. The van der Waals surface area contributed by atoms with Crippen LogP contribution in [0.4, 0.5) is 5.69 Å². The molecule has 33 heavy (non-hydrogen) atoms. The van der Waals surface area contributed by atoms with Gasteiger partial charge in [-0.15, -0.1) is 11.8 Å². The largest absolute Gasteiger partial charge is 0.353 e. The molecule has 0 bridgehead atoms. The van der Waals surface area contributed by atoms with Gasteiger partial charge in [0.05, 0.1) is 22.6 Å². The number of nitrogens with zero attached hydrogens (tertiary/aromatic N) is 1. The SMILES string of the molecule is CC1=C(C(=O)Nc2ccccc2)C(c2ccccc2)C(C#N)=C(SCc2cccc(C)c2)N1. The van der Waals surface area contributed by atoms with Gasteiger partial charge in [0.2, 0.25) is 0 Å². The second kappa shape index (κ2) is 10.2. The minimum absolute atomic E-state index is 0.212. The van der Waals surface area contributed by atoms with Crippen molar-refractivity contribution in [3.05, 3.63) is 123 Å². The van der Waals surface area contributed by atoms with Crippen molar-refractivity contribution in [1.82, 2.24) is 5.32 Å². The van der Waals surface area contributed by atoms with Gasteiger partial charge < -0.3 is 10.6 Å². The lowest BCUT2D eigenvalue weighted by atomic mass is 9.82. The average Bonchev–Trinajstić information content (AvgIpc) is 2.83. The van der Waals surface area contributed by atoms with Crippen molar-refractivity contribution < 1.29 is 4.79 Å². The fourth-order valence-corrected chi connectivity index (χ4v) is 5.02. The Hall–Kier alpha value is -3.75. The summed E-state index contributed by atoms with van der Waals surface area (Å²) < 4.78 is 0. The molecule has 3 aromatic rings. The van der Waals surface area contributed by atoms with E-state index in [1.807, 2.05) is 73.7 Å². The summed E-state index contributed by atoms with van der Waals surface area (Å²) in [5.41, 5.74) is 5.90. The van der Waals surface area contributed by atoms with E-state index >= 15 is 0 Å². The third-order valence-corrected chi connectivity index (χ3v) is 6.61. The van der Waals surface area contributed by atoms with E-state index in [9.17, 15) is 10.1 Å². The van der Waals surface area contributed by atoms with E-state index < -0.39 is 5.92 Å². The lowest BCUT2D eigenvalue weighted by molar-refractivity contribution is -0.113. The number of hydrogen-bond acceptors (Lipinski definition) is 4. The molecule has 1 atom stereocenters. The number of carbonyl (C=O) groups excluding carboxylic acids is 1. The van der Waals surface area contributed by atoms with Crippen LogP contribution in [0, 0.1) is 18.3 Å². The number of anilines is 1. The number of thioether (sulfide) groups is 1. The number of allylic oxidation sites excluding steroid dienone is 2. The predicted molar refractivity (Wildman–Crippen MR) is 135 cm³/mol. The van der Waals surface area contributed by atoms with E-state index in [0.717, 1.165) is 27.7 Å². The van der Waals surface area contributed by atoms with Gasteiger partial charge in [-0.1, -0.05) is 78.4 Å². The van der Waals surface area contributed by atoms with Crippen molar-refractivity contribution in [2.75, 3.05) is 5.32 Å². The highest BCUT2D eigenvalue weighted by Crippen LogP contribution is 2.41. The van der Waals surface area contributed by atoms with Crippen LogP contribution in [0.15, 0.2) is 107 Å². The van der Waals surface area contributed by atoms with E-state index in [2.05, 4.69) is 41.8 Å². The van der Waals surface area contributed by atoms with Crippen LogP contribution in [-0.4, -0.2) is 5.91 Å². The van der Waals surface area contributed by atoms with Crippen LogP contribution in [0.5, 0.6) is 0 Å². The molecule has 0 aliphatic carbocycles. The minimum Gasteiger partial charge on any atom is -0.353 e. The monoisotopic (exact) mass is 451 g/mol. The van der Waals surface area contributed by atoms with Gasteiger partial charge in [-0.3, -0.25) is 4.79 Å². The number of nitriles is 1. The zero-order valence-electron chi connectivity index (χ0n) is 18.6. The maximum Gasteiger partial charge on any atom is 0.254 e. The number of amides is 1. The first-order valence-corrected chi connectivity index (χ1v) is 11.8. The van der Waals surface area contributed by atoms with Crippen LogP contribution in [0.1, 0.15) is 29.5 Å². The van der Waals surface area contributed by atoms with Gasteiger partial charge in [-0.05, 0) is 37.1 Å². The van der Waals surface area contributed by atoms with E-state index in [-0.39, 0.29) is 5.91 Å². The molecule has 0 fully saturated rings. The van der Waals surface area contributed by atoms with Crippen LogP contribution in [0.2, 0.25) is 0 Å². The Bertz CT molecular complexity index is 1260. The summed E-state index contributed by atoms with van der Waals surface area (Å²) in [6.45, 7) is 3.97. The molecule has 4 nitrogen and oxygen atoms in total. The van der Waals surface area contributed by atoms with Gasteiger partial charge in [0.15, 0.2) is 0 Å². The Kier molecular flexibility index (Phi) is 6.97. The average molecular weight is 452 g/mol. The van der Waals surface area contributed by atoms with Crippen LogP contribution in [0.25, 0.3) is 0 Å². The zero-order valence-corrected chi connectivity index (χ0v) is 19.4. The lowest BCUT2D eigenvalue weighted by Gasteiger charge is -2.30. The summed E-state index contributed by atoms with van der Waals surface area (Å²) in [4.78, 5) is 13.4. The number of hydrogen-bond donors (Lipinski definition) is 2. The molecule has 2 N–H and O–H groups in total. The molecular formula is C28H25N3OS. The van der Waals surface area contributed by atoms with E-state index in [1.165, 1.54) is 11.1 Å². The molecule has 0 spiro atoms. The fourth-order valence-electron chi connectivity index (χ4n) is 3.98. The lowest BCUT2D eigenvalue weighted by Crippen LogP contribution is -2.30. The molecule has 3 aromatic carbocycles. The predicted octanol–water partition coefficient (Wildman–Crippen LogP) is 6.26. The number of para-hydroxylation sites is 1. The van der Waals surface area contributed by atoms with Crippen LogP contribution >= 0.6 is 11.8 Å². The van der Waals surface area contributed by atoms with E-state index in [1.54, 1.807) is 11.8 Å². The van der Waals surface area contributed by atoms with E-state index in [4.69, 9.17) is 0 Å². The first-order chi connectivity index (χ1) is 16.1. The number of dihydropyridines is 1. The van der Waals surface area contributed by atoms with Crippen molar-refractivity contribution in [3.63, 3.8) is 0 Å². The van der Waals surface area contributed by atoms with Crippen molar-refractivity contribution in [2.45, 2.75) is 25.5 Å². The van der Waals surface area contributed by atoms with Crippen molar-refractivity contribution >= 4 is 23.4 Å².